The number of aromatic nitrogens is 1. The van der Waals surface area contributed by atoms with Gasteiger partial charge >= 0.3 is 5.97 Å². The van der Waals surface area contributed by atoms with Gasteiger partial charge in [0.15, 0.2) is 0 Å². The molecule has 0 fully saturated rings. The maximum absolute atomic E-state index is 13.6. The molecule has 4 rings (SSSR count). The molecule has 0 spiro atoms. The lowest BCUT2D eigenvalue weighted by molar-refractivity contribution is -0.136. The largest absolute Gasteiger partial charge is 0.481 e. The van der Waals surface area contributed by atoms with Crippen LogP contribution in [-0.4, -0.2) is 29.1 Å². The molecule has 0 saturated carbocycles. The van der Waals surface area contributed by atoms with E-state index in [2.05, 4.69) is 41.6 Å². The summed E-state index contributed by atoms with van der Waals surface area (Å²) in [4.78, 5) is 15.5. The smallest absolute Gasteiger partial charge is 0.307 e. The lowest BCUT2D eigenvalue weighted by atomic mass is 9.85. The van der Waals surface area contributed by atoms with Gasteiger partial charge in [-0.05, 0) is 41.5 Å². The summed E-state index contributed by atoms with van der Waals surface area (Å²) in [5.41, 5.74) is 6.02. The Bertz CT molecular complexity index is 1120. The van der Waals surface area contributed by atoms with Gasteiger partial charge in [-0.15, -0.1) is 0 Å². The highest BCUT2D eigenvalue weighted by Gasteiger charge is 2.28. The van der Waals surface area contributed by atoms with Gasteiger partial charge in [0.25, 0.3) is 0 Å². The first-order chi connectivity index (χ1) is 15.9. The lowest BCUT2D eigenvalue weighted by Crippen LogP contribution is -2.38. The molecule has 3 atom stereocenters. The van der Waals surface area contributed by atoms with Crippen LogP contribution in [0.1, 0.15) is 46.8 Å². The van der Waals surface area contributed by atoms with Gasteiger partial charge in [0.2, 0.25) is 0 Å². The highest BCUT2D eigenvalue weighted by atomic mass is 19.1. The van der Waals surface area contributed by atoms with Crippen molar-refractivity contribution in [3.8, 4) is 0 Å². The zero-order chi connectivity index (χ0) is 23.4. The van der Waals surface area contributed by atoms with Gasteiger partial charge in [0, 0.05) is 31.1 Å². The van der Waals surface area contributed by atoms with E-state index < -0.39 is 5.97 Å². The van der Waals surface area contributed by atoms with Crippen LogP contribution in [0.3, 0.4) is 0 Å². The average Bonchev–Trinajstić information content (AvgIpc) is 2.80. The van der Waals surface area contributed by atoms with E-state index in [-0.39, 0.29) is 30.1 Å². The van der Waals surface area contributed by atoms with Crippen molar-refractivity contribution >= 4 is 11.7 Å². The highest BCUT2D eigenvalue weighted by Crippen LogP contribution is 2.32. The number of carboxylic acid groups (broad SMARTS) is 1. The normalized spacial score (nSPS) is 17.0. The third-order valence-corrected chi connectivity index (χ3v) is 6.45. The fraction of sp³-hybridized carbons (Fsp3) is 0.333. The SMILES string of the molecule is Cc1ccc(CC(=O)O)cc1[C@H](C)CN[C@H](c1ccccc1)[C@H]1CNc2cc(F)cnc2C1. The summed E-state index contributed by atoms with van der Waals surface area (Å²) in [6.45, 7) is 5.71. The zero-order valence-electron chi connectivity index (χ0n) is 19.0. The Hall–Kier alpha value is -3.25. The van der Waals surface area contributed by atoms with Crippen molar-refractivity contribution in [2.45, 2.75) is 38.6 Å². The molecule has 6 heteroatoms. The summed E-state index contributed by atoms with van der Waals surface area (Å²) < 4.78 is 13.6. The summed E-state index contributed by atoms with van der Waals surface area (Å²) in [7, 11) is 0. The molecule has 2 heterocycles. The minimum atomic E-state index is -0.821. The Balaban J connectivity index is 1.52. The number of nitrogens with zero attached hydrogens (tertiary/aromatic N) is 1. The lowest BCUT2D eigenvalue weighted by Gasteiger charge is -2.34. The van der Waals surface area contributed by atoms with Gasteiger partial charge in [-0.3, -0.25) is 9.78 Å². The molecule has 0 saturated heterocycles. The Morgan fingerprint density at radius 3 is 2.79 bits per heavy atom. The van der Waals surface area contributed by atoms with Crippen LogP contribution in [0.4, 0.5) is 10.1 Å². The number of carboxylic acids is 1. The maximum atomic E-state index is 13.6. The quantitative estimate of drug-likeness (QED) is 0.459. The second kappa shape index (κ2) is 10.1. The molecule has 0 bridgehead atoms. The second-order valence-corrected chi connectivity index (χ2v) is 8.95. The van der Waals surface area contributed by atoms with Gasteiger partial charge in [-0.1, -0.05) is 55.5 Å². The first kappa shape index (κ1) is 22.9. The van der Waals surface area contributed by atoms with E-state index >= 15 is 0 Å². The number of benzene rings is 2. The standard InChI is InChI=1S/C27H30FN3O2/c1-17-8-9-19(11-26(32)33)10-23(17)18(2)14-31-27(20-6-4-3-5-7-20)21-12-24-25(29-15-21)13-22(28)16-30-24/h3-10,13,16,18,21,27,29,31H,11-12,14-15H2,1-2H3,(H,32,33)/t18-,21-,27-/m1/s1. The molecule has 5 nitrogen and oxygen atoms in total. The molecule has 0 aliphatic carbocycles. The highest BCUT2D eigenvalue weighted by molar-refractivity contribution is 5.70. The van der Waals surface area contributed by atoms with Gasteiger partial charge in [0.05, 0.1) is 24.0 Å². The van der Waals surface area contributed by atoms with Crippen LogP contribution in [0, 0.1) is 18.7 Å². The third kappa shape index (κ3) is 5.57. The molecular formula is C27H30FN3O2. The minimum Gasteiger partial charge on any atom is -0.481 e. The zero-order valence-corrected chi connectivity index (χ0v) is 19.0. The van der Waals surface area contributed by atoms with Crippen LogP contribution in [0.2, 0.25) is 0 Å². The molecule has 1 aromatic heterocycles. The Kier molecular flexibility index (Phi) is 7.04. The molecular weight excluding hydrogens is 417 g/mol. The molecule has 172 valence electrons. The van der Waals surface area contributed by atoms with Crippen molar-refractivity contribution in [1.82, 2.24) is 10.3 Å². The number of halogens is 1. The van der Waals surface area contributed by atoms with Crippen LogP contribution < -0.4 is 10.6 Å². The van der Waals surface area contributed by atoms with E-state index in [0.29, 0.717) is 0 Å². The number of rotatable bonds is 8. The number of fused-ring (bicyclic) bond motifs is 1. The van der Waals surface area contributed by atoms with Crippen LogP contribution in [0.5, 0.6) is 0 Å². The van der Waals surface area contributed by atoms with E-state index in [4.69, 9.17) is 5.11 Å². The van der Waals surface area contributed by atoms with Crippen LogP contribution >= 0.6 is 0 Å². The van der Waals surface area contributed by atoms with Crippen molar-refractivity contribution in [2.24, 2.45) is 5.92 Å². The van der Waals surface area contributed by atoms with Crippen LogP contribution in [0.25, 0.3) is 0 Å². The summed E-state index contributed by atoms with van der Waals surface area (Å²) in [6, 6.07) is 17.9. The van der Waals surface area contributed by atoms with Crippen molar-refractivity contribution in [2.75, 3.05) is 18.4 Å². The van der Waals surface area contributed by atoms with E-state index in [1.807, 2.05) is 36.4 Å². The van der Waals surface area contributed by atoms with E-state index in [1.54, 1.807) is 0 Å². The van der Waals surface area contributed by atoms with Crippen molar-refractivity contribution in [3.05, 3.63) is 94.6 Å². The molecule has 0 radical (unpaired) electrons. The number of hydrogen-bond donors (Lipinski definition) is 3. The van der Waals surface area contributed by atoms with Crippen LogP contribution in [-0.2, 0) is 17.6 Å². The minimum absolute atomic E-state index is 0.0286. The molecule has 2 aromatic carbocycles. The van der Waals surface area contributed by atoms with Crippen molar-refractivity contribution in [3.63, 3.8) is 0 Å². The molecule has 0 amide bonds. The summed E-state index contributed by atoms with van der Waals surface area (Å²) >= 11 is 0. The monoisotopic (exact) mass is 447 g/mol. The number of anilines is 1. The Morgan fingerprint density at radius 1 is 1.24 bits per heavy atom. The summed E-state index contributed by atoms with van der Waals surface area (Å²) in [6.07, 6.45) is 2.07. The number of nitrogens with one attached hydrogen (secondary N) is 2. The second-order valence-electron chi connectivity index (χ2n) is 8.95. The fourth-order valence-electron chi connectivity index (χ4n) is 4.72. The number of aliphatic carboxylic acids is 1. The average molecular weight is 448 g/mol. The maximum Gasteiger partial charge on any atom is 0.307 e. The molecule has 3 aromatic rings. The third-order valence-electron chi connectivity index (χ3n) is 6.45. The molecule has 1 aliphatic rings. The van der Waals surface area contributed by atoms with E-state index in [9.17, 15) is 9.18 Å². The number of carbonyl (C=O) groups is 1. The predicted octanol–water partition coefficient (Wildman–Crippen LogP) is 4.88. The Labute approximate surface area is 194 Å². The first-order valence-electron chi connectivity index (χ1n) is 11.4. The fourth-order valence-corrected chi connectivity index (χ4v) is 4.72. The van der Waals surface area contributed by atoms with Gasteiger partial charge in [0.1, 0.15) is 5.82 Å². The van der Waals surface area contributed by atoms with Crippen molar-refractivity contribution < 1.29 is 14.3 Å². The topological polar surface area (TPSA) is 74.2 Å². The molecule has 1 aliphatic heterocycles. The number of pyridine rings is 1. The predicted molar refractivity (Wildman–Crippen MR) is 128 cm³/mol. The summed E-state index contributed by atoms with van der Waals surface area (Å²) in [5.74, 6) is -0.685. The first-order valence-corrected chi connectivity index (χ1v) is 11.4. The van der Waals surface area contributed by atoms with Crippen molar-refractivity contribution in [1.29, 1.82) is 0 Å². The van der Waals surface area contributed by atoms with E-state index in [0.717, 1.165) is 47.6 Å². The Morgan fingerprint density at radius 2 is 2.03 bits per heavy atom. The van der Waals surface area contributed by atoms with Gasteiger partial charge < -0.3 is 15.7 Å². The number of aryl methyl sites for hydroxylation is 1. The molecule has 3 N–H and O–H groups in total. The van der Waals surface area contributed by atoms with E-state index in [1.165, 1.54) is 17.8 Å². The van der Waals surface area contributed by atoms with Gasteiger partial charge in [-0.25, -0.2) is 4.39 Å². The molecule has 0 unspecified atom stereocenters. The molecule has 33 heavy (non-hydrogen) atoms. The van der Waals surface area contributed by atoms with Crippen LogP contribution in [0.15, 0.2) is 60.8 Å². The van der Waals surface area contributed by atoms with Gasteiger partial charge in [-0.2, -0.15) is 0 Å². The summed E-state index contributed by atoms with van der Waals surface area (Å²) in [5, 5.41) is 16.3. The number of hydrogen-bond acceptors (Lipinski definition) is 4.